The quantitative estimate of drug-likeness (QED) is 0.678. The maximum Gasteiger partial charge on any atom is 0.260 e. The number of anilines is 1. The second kappa shape index (κ2) is 9.73. The molecule has 0 fully saturated rings. The van der Waals surface area contributed by atoms with E-state index in [-0.39, 0.29) is 35.9 Å². The predicted octanol–water partition coefficient (Wildman–Crippen LogP) is 4.46. The molecule has 0 radical (unpaired) electrons. The fraction of sp³-hybridized carbons (Fsp3) is 0.522. The third kappa shape index (κ3) is 6.99. The molecule has 0 aliphatic rings. The maximum absolute atomic E-state index is 12.7. The highest BCUT2D eigenvalue weighted by molar-refractivity contribution is 6.30. The van der Waals surface area contributed by atoms with Gasteiger partial charge in [0.1, 0.15) is 11.6 Å². The van der Waals surface area contributed by atoms with Gasteiger partial charge in [0, 0.05) is 23.0 Å². The zero-order chi connectivity index (χ0) is 23.4. The summed E-state index contributed by atoms with van der Waals surface area (Å²) in [6.45, 7) is 14.3. The molecular weight excluding hydrogens is 416 g/mol. The van der Waals surface area contributed by atoms with Crippen molar-refractivity contribution < 1.29 is 14.3 Å². The Bertz CT molecular complexity index is 908. The largest absolute Gasteiger partial charge is 0.484 e. The van der Waals surface area contributed by atoms with Crippen LogP contribution < -0.4 is 10.1 Å². The maximum atomic E-state index is 12.7. The number of hydrogen-bond donors (Lipinski definition) is 1. The van der Waals surface area contributed by atoms with Crippen LogP contribution in [0.5, 0.6) is 5.75 Å². The van der Waals surface area contributed by atoms with Gasteiger partial charge in [0.15, 0.2) is 6.61 Å². The predicted molar refractivity (Wildman–Crippen MR) is 124 cm³/mol. The Morgan fingerprint density at radius 1 is 1.13 bits per heavy atom. The van der Waals surface area contributed by atoms with Crippen molar-refractivity contribution >= 4 is 29.2 Å². The summed E-state index contributed by atoms with van der Waals surface area (Å²) >= 11 is 5.86. The Morgan fingerprint density at radius 2 is 1.74 bits per heavy atom. The van der Waals surface area contributed by atoms with E-state index in [9.17, 15) is 9.59 Å². The number of carbonyl (C=O) groups is 2. The lowest BCUT2D eigenvalue weighted by Crippen LogP contribution is -2.40. The molecule has 1 aromatic heterocycles. The highest BCUT2D eigenvalue weighted by Gasteiger charge is 2.26. The Kier molecular flexibility index (Phi) is 7.76. The van der Waals surface area contributed by atoms with Gasteiger partial charge in [-0.1, -0.05) is 32.4 Å². The monoisotopic (exact) mass is 448 g/mol. The van der Waals surface area contributed by atoms with Gasteiger partial charge in [-0.05, 0) is 52.0 Å². The Hall–Kier alpha value is -2.54. The molecule has 0 spiro atoms. The molecule has 2 amide bonds. The number of rotatable bonds is 7. The molecular formula is C23H33ClN4O3. The standard InChI is InChI=1S/C23H33ClN4O3/c1-8-27(21(30)15-31-17-11-9-16(24)10-12-17)14-20(29)25-19-13-18(22(2,3)4)26-28(19)23(5,6)7/h9-13H,8,14-15H2,1-7H3,(H,25,29). The minimum Gasteiger partial charge on any atom is -0.484 e. The van der Waals surface area contributed by atoms with Crippen molar-refractivity contribution in [3.05, 3.63) is 41.0 Å². The van der Waals surface area contributed by atoms with E-state index in [4.69, 9.17) is 21.4 Å². The summed E-state index contributed by atoms with van der Waals surface area (Å²) in [7, 11) is 0. The van der Waals surface area contributed by atoms with E-state index in [1.807, 2.05) is 38.4 Å². The summed E-state index contributed by atoms with van der Waals surface area (Å²) in [5, 5.41) is 8.22. The number of nitrogens with one attached hydrogen (secondary N) is 1. The number of nitrogens with zero attached hydrogens (tertiary/aromatic N) is 3. The van der Waals surface area contributed by atoms with E-state index in [1.54, 1.807) is 24.3 Å². The van der Waals surface area contributed by atoms with Crippen molar-refractivity contribution in [1.82, 2.24) is 14.7 Å². The Balaban J connectivity index is 2.05. The number of likely N-dealkylation sites (N-methyl/N-ethyl adjacent to an activating group) is 1. The molecule has 1 N–H and O–H groups in total. The van der Waals surface area contributed by atoms with Gasteiger partial charge in [0.2, 0.25) is 5.91 Å². The number of aromatic nitrogens is 2. The van der Waals surface area contributed by atoms with Crippen LogP contribution >= 0.6 is 11.6 Å². The number of carbonyl (C=O) groups excluding carboxylic acids is 2. The zero-order valence-electron chi connectivity index (χ0n) is 19.5. The lowest BCUT2D eigenvalue weighted by molar-refractivity contribution is -0.136. The first-order valence-corrected chi connectivity index (χ1v) is 10.8. The van der Waals surface area contributed by atoms with Gasteiger partial charge in [-0.15, -0.1) is 0 Å². The van der Waals surface area contributed by atoms with Crippen LogP contribution in [0.3, 0.4) is 0 Å². The fourth-order valence-corrected chi connectivity index (χ4v) is 2.97. The molecule has 2 rings (SSSR count). The number of ether oxygens (including phenoxy) is 1. The van der Waals surface area contributed by atoms with Crippen LogP contribution in [0.4, 0.5) is 5.82 Å². The van der Waals surface area contributed by atoms with Crippen LogP contribution in [-0.4, -0.2) is 46.2 Å². The fourth-order valence-electron chi connectivity index (χ4n) is 2.85. The van der Waals surface area contributed by atoms with Crippen LogP contribution in [0.15, 0.2) is 30.3 Å². The summed E-state index contributed by atoms with van der Waals surface area (Å²) in [5.74, 6) is 0.602. The third-order valence-electron chi connectivity index (χ3n) is 4.63. The van der Waals surface area contributed by atoms with E-state index in [0.717, 1.165) is 5.69 Å². The molecule has 0 saturated heterocycles. The highest BCUT2D eigenvalue weighted by atomic mass is 35.5. The van der Waals surface area contributed by atoms with Gasteiger partial charge in [0.05, 0.1) is 17.8 Å². The summed E-state index contributed by atoms with van der Waals surface area (Å²) in [5.41, 5.74) is 0.427. The molecule has 0 saturated carbocycles. The molecule has 0 unspecified atom stereocenters. The Labute approximate surface area is 189 Å². The van der Waals surface area contributed by atoms with Crippen molar-refractivity contribution in [3.63, 3.8) is 0 Å². The molecule has 0 bridgehead atoms. The number of halogens is 1. The van der Waals surface area contributed by atoms with Crippen molar-refractivity contribution in [2.24, 2.45) is 0 Å². The lowest BCUT2D eigenvalue weighted by Gasteiger charge is -2.24. The van der Waals surface area contributed by atoms with Crippen LogP contribution in [0.1, 0.15) is 54.2 Å². The second-order valence-electron chi connectivity index (χ2n) is 9.45. The van der Waals surface area contributed by atoms with E-state index >= 15 is 0 Å². The summed E-state index contributed by atoms with van der Waals surface area (Å²) in [6, 6.07) is 8.66. The average Bonchev–Trinajstić information content (AvgIpc) is 3.10. The first-order chi connectivity index (χ1) is 14.3. The third-order valence-corrected chi connectivity index (χ3v) is 4.88. The minimum absolute atomic E-state index is 0.0700. The van der Waals surface area contributed by atoms with Crippen LogP contribution in [-0.2, 0) is 20.5 Å². The van der Waals surface area contributed by atoms with Crippen molar-refractivity contribution in [2.45, 2.75) is 59.4 Å². The second-order valence-corrected chi connectivity index (χ2v) is 9.88. The molecule has 0 aliphatic heterocycles. The molecule has 8 heteroatoms. The number of amides is 2. The SMILES string of the molecule is CCN(CC(=O)Nc1cc(C(C)(C)C)nn1C(C)(C)C)C(=O)COc1ccc(Cl)cc1. The van der Waals surface area contributed by atoms with E-state index in [0.29, 0.717) is 23.1 Å². The van der Waals surface area contributed by atoms with Gasteiger partial charge < -0.3 is 15.0 Å². The first kappa shape index (κ1) is 24.7. The summed E-state index contributed by atoms with van der Waals surface area (Å²) in [6.07, 6.45) is 0. The first-order valence-electron chi connectivity index (χ1n) is 10.4. The van der Waals surface area contributed by atoms with E-state index in [2.05, 4.69) is 26.1 Å². The average molecular weight is 449 g/mol. The van der Waals surface area contributed by atoms with Gasteiger partial charge >= 0.3 is 0 Å². The van der Waals surface area contributed by atoms with E-state index < -0.39 is 0 Å². The van der Waals surface area contributed by atoms with Crippen LogP contribution in [0.25, 0.3) is 0 Å². The van der Waals surface area contributed by atoms with Crippen LogP contribution in [0, 0.1) is 0 Å². The number of hydrogen-bond acceptors (Lipinski definition) is 4. The van der Waals surface area contributed by atoms with Crippen molar-refractivity contribution in [1.29, 1.82) is 0 Å². The van der Waals surface area contributed by atoms with Gasteiger partial charge in [-0.2, -0.15) is 5.10 Å². The normalized spacial score (nSPS) is 11.9. The topological polar surface area (TPSA) is 76.5 Å². The smallest absolute Gasteiger partial charge is 0.260 e. The molecule has 7 nitrogen and oxygen atoms in total. The van der Waals surface area contributed by atoms with Crippen LogP contribution in [0.2, 0.25) is 5.02 Å². The number of benzene rings is 1. The van der Waals surface area contributed by atoms with Crippen molar-refractivity contribution in [2.75, 3.05) is 25.0 Å². The van der Waals surface area contributed by atoms with Crippen molar-refractivity contribution in [3.8, 4) is 5.75 Å². The summed E-state index contributed by atoms with van der Waals surface area (Å²) < 4.78 is 7.33. The Morgan fingerprint density at radius 3 is 2.26 bits per heavy atom. The lowest BCUT2D eigenvalue weighted by atomic mass is 9.92. The molecule has 1 aromatic carbocycles. The molecule has 1 heterocycles. The zero-order valence-corrected chi connectivity index (χ0v) is 20.2. The summed E-state index contributed by atoms with van der Waals surface area (Å²) in [4.78, 5) is 26.7. The van der Waals surface area contributed by atoms with Gasteiger partial charge in [-0.3, -0.25) is 9.59 Å². The molecule has 0 aliphatic carbocycles. The molecule has 0 atom stereocenters. The molecule has 31 heavy (non-hydrogen) atoms. The van der Waals surface area contributed by atoms with E-state index in [1.165, 1.54) is 4.90 Å². The molecule has 2 aromatic rings. The van der Waals surface area contributed by atoms with Gasteiger partial charge in [-0.25, -0.2) is 4.68 Å². The van der Waals surface area contributed by atoms with Gasteiger partial charge in [0.25, 0.3) is 5.91 Å². The highest BCUT2D eigenvalue weighted by Crippen LogP contribution is 2.28. The molecule has 170 valence electrons. The minimum atomic E-state index is -0.307.